The Hall–Kier alpha value is -3.11. The number of hydrogen-bond donors (Lipinski definition) is 3. The van der Waals surface area contributed by atoms with Crippen molar-refractivity contribution in [3.8, 4) is 0 Å². The molecule has 1 aliphatic carbocycles. The highest BCUT2D eigenvalue weighted by atomic mass is 35.5. The molecule has 12 heteroatoms. The van der Waals surface area contributed by atoms with Gasteiger partial charge in [0.2, 0.25) is 11.9 Å². The van der Waals surface area contributed by atoms with Gasteiger partial charge in [-0.15, -0.1) is 0 Å². The summed E-state index contributed by atoms with van der Waals surface area (Å²) in [7, 11) is 1.79. The van der Waals surface area contributed by atoms with Gasteiger partial charge in [-0.3, -0.25) is 9.59 Å². The van der Waals surface area contributed by atoms with E-state index in [4.69, 9.17) is 28.2 Å². The Morgan fingerprint density at radius 2 is 1.84 bits per heavy atom. The summed E-state index contributed by atoms with van der Waals surface area (Å²) < 4.78 is 30.3. The summed E-state index contributed by atoms with van der Waals surface area (Å²) in [6, 6.07) is 6.94. The Morgan fingerprint density at radius 1 is 1.12 bits per heavy atom. The highest BCUT2D eigenvalue weighted by Gasteiger charge is 2.39. The predicted octanol–water partition coefficient (Wildman–Crippen LogP) is 7.19. The lowest BCUT2D eigenvalue weighted by Gasteiger charge is -2.25. The molecule has 2 heterocycles. The van der Waals surface area contributed by atoms with Gasteiger partial charge in [0.1, 0.15) is 0 Å². The Bertz CT molecular complexity index is 1550. The lowest BCUT2D eigenvalue weighted by molar-refractivity contribution is -0.128. The summed E-state index contributed by atoms with van der Waals surface area (Å²) in [5.41, 5.74) is 2.50. The summed E-state index contributed by atoms with van der Waals surface area (Å²) in [5.74, 6) is -2.82. The van der Waals surface area contributed by atoms with Gasteiger partial charge in [-0.1, -0.05) is 69.3 Å². The zero-order valence-corrected chi connectivity index (χ0v) is 26.4. The molecule has 0 unspecified atom stereocenters. The van der Waals surface area contributed by atoms with Gasteiger partial charge in [0.05, 0.1) is 44.6 Å². The van der Waals surface area contributed by atoms with E-state index in [2.05, 4.69) is 16.0 Å². The summed E-state index contributed by atoms with van der Waals surface area (Å²) in [6.45, 7) is 5.40. The van der Waals surface area contributed by atoms with Gasteiger partial charge >= 0.3 is 0 Å². The number of carbonyl (C=O) groups is 2. The van der Waals surface area contributed by atoms with E-state index in [1.165, 1.54) is 0 Å². The molecule has 0 atom stereocenters. The number of aryl methyl sites for hydroxylation is 1. The summed E-state index contributed by atoms with van der Waals surface area (Å²) in [4.78, 5) is 32.2. The van der Waals surface area contributed by atoms with Crippen LogP contribution in [0.25, 0.3) is 11.0 Å². The SMILES string of the molecule is Cn1c(Nc2c(Cl)ccc(CNC(=O)C(C)(C)C)c2Cl)nc2cc(C(=O)NC3CCCCC3)c(N3CCC(F)(F)C3)cc21. The lowest BCUT2D eigenvalue weighted by atomic mass is 9.95. The van der Waals surface area contributed by atoms with E-state index in [0.29, 0.717) is 49.5 Å². The first-order valence-electron chi connectivity index (χ1n) is 14.7. The van der Waals surface area contributed by atoms with Crippen LogP contribution in [0, 0.1) is 5.41 Å². The number of hydrogen-bond acceptors (Lipinski definition) is 5. The molecule has 43 heavy (non-hydrogen) atoms. The summed E-state index contributed by atoms with van der Waals surface area (Å²) >= 11 is 13.3. The average molecular weight is 636 g/mol. The third-order valence-electron chi connectivity index (χ3n) is 8.22. The number of alkyl halides is 2. The molecular weight excluding hydrogens is 597 g/mol. The van der Waals surface area contributed by atoms with E-state index in [9.17, 15) is 18.4 Å². The fourth-order valence-electron chi connectivity index (χ4n) is 5.63. The van der Waals surface area contributed by atoms with Crippen LogP contribution in [-0.2, 0) is 18.4 Å². The molecular formula is C31H38Cl2F2N6O2. The third kappa shape index (κ3) is 6.85. The maximum atomic E-state index is 14.3. The van der Waals surface area contributed by atoms with Gasteiger partial charge in [-0.25, -0.2) is 13.8 Å². The molecule has 8 nitrogen and oxygen atoms in total. The number of imidazole rings is 1. The molecule has 3 N–H and O–H groups in total. The molecule has 1 aliphatic heterocycles. The summed E-state index contributed by atoms with van der Waals surface area (Å²) in [6.07, 6.45) is 4.81. The standard InChI is InChI=1S/C31H38Cl2F2N6O2/c1-30(2,3)28(43)36-16-18-10-11-21(32)26(25(18)33)39-29-38-22-14-20(27(42)37-19-8-6-5-7-9-19)23(15-24(22)40(29)4)41-13-12-31(34,35)17-41/h10-11,14-15,19H,5-9,12-13,16-17H2,1-4H3,(H,36,43)(H,37,42)(H,38,39). The first kappa shape index (κ1) is 31.3. The van der Waals surface area contributed by atoms with Crippen LogP contribution in [0.1, 0.15) is 75.2 Å². The minimum Gasteiger partial charge on any atom is -0.365 e. The minimum atomic E-state index is -2.82. The Balaban J connectivity index is 1.48. The molecule has 1 saturated carbocycles. The molecule has 5 rings (SSSR count). The van der Waals surface area contributed by atoms with Crippen LogP contribution in [0.15, 0.2) is 24.3 Å². The van der Waals surface area contributed by atoms with Crippen LogP contribution in [-0.4, -0.2) is 46.4 Å². The number of anilines is 3. The zero-order chi connectivity index (χ0) is 31.1. The van der Waals surface area contributed by atoms with Gasteiger partial charge < -0.3 is 25.4 Å². The second kappa shape index (κ2) is 12.1. The van der Waals surface area contributed by atoms with E-state index >= 15 is 0 Å². The second-order valence-electron chi connectivity index (χ2n) is 12.6. The lowest BCUT2D eigenvalue weighted by Crippen LogP contribution is -2.37. The average Bonchev–Trinajstić information content (AvgIpc) is 3.47. The number of amides is 2. The van der Waals surface area contributed by atoms with Crippen molar-refractivity contribution >= 4 is 63.4 Å². The number of benzene rings is 2. The highest BCUT2D eigenvalue weighted by molar-refractivity contribution is 6.39. The fraction of sp³-hybridized carbons (Fsp3) is 0.516. The van der Waals surface area contributed by atoms with E-state index in [-0.39, 0.29) is 37.4 Å². The van der Waals surface area contributed by atoms with Crippen LogP contribution in [0.2, 0.25) is 10.0 Å². The number of halogens is 4. The third-order valence-corrected chi connectivity index (χ3v) is 8.97. The van der Waals surface area contributed by atoms with Crippen molar-refractivity contribution in [3.63, 3.8) is 0 Å². The number of nitrogens with one attached hydrogen (secondary N) is 3. The van der Waals surface area contributed by atoms with E-state index < -0.39 is 17.9 Å². The second-order valence-corrected chi connectivity index (χ2v) is 13.4. The normalized spacial score (nSPS) is 17.3. The van der Waals surface area contributed by atoms with E-state index in [1.54, 1.807) is 40.8 Å². The maximum Gasteiger partial charge on any atom is 0.266 e. The predicted molar refractivity (Wildman–Crippen MR) is 168 cm³/mol. The van der Waals surface area contributed by atoms with Gasteiger partial charge in [-0.05, 0) is 36.6 Å². The van der Waals surface area contributed by atoms with E-state index in [1.807, 2.05) is 20.8 Å². The van der Waals surface area contributed by atoms with Crippen molar-refractivity contribution in [2.75, 3.05) is 23.3 Å². The van der Waals surface area contributed by atoms with Crippen molar-refractivity contribution in [1.82, 2.24) is 20.2 Å². The van der Waals surface area contributed by atoms with Crippen molar-refractivity contribution in [2.24, 2.45) is 12.5 Å². The van der Waals surface area contributed by atoms with Crippen molar-refractivity contribution in [3.05, 3.63) is 45.4 Å². The Morgan fingerprint density at radius 3 is 2.49 bits per heavy atom. The molecule has 0 bridgehead atoms. The monoisotopic (exact) mass is 634 g/mol. The Kier molecular flexibility index (Phi) is 8.82. The molecule has 2 fully saturated rings. The first-order valence-corrected chi connectivity index (χ1v) is 15.5. The first-order chi connectivity index (χ1) is 20.2. The van der Waals surface area contributed by atoms with Crippen molar-refractivity contribution in [1.29, 1.82) is 0 Å². The molecule has 2 amide bonds. The maximum absolute atomic E-state index is 14.3. The van der Waals surface area contributed by atoms with Gasteiger partial charge in [0.15, 0.2) is 0 Å². The Labute approximate surface area is 260 Å². The van der Waals surface area contributed by atoms with Crippen LogP contribution >= 0.6 is 23.2 Å². The zero-order valence-electron chi connectivity index (χ0n) is 24.9. The molecule has 0 radical (unpaired) electrons. The van der Waals surface area contributed by atoms with E-state index in [0.717, 1.165) is 32.1 Å². The number of nitrogens with zero attached hydrogens (tertiary/aromatic N) is 3. The largest absolute Gasteiger partial charge is 0.365 e. The number of fused-ring (bicyclic) bond motifs is 1. The topological polar surface area (TPSA) is 91.3 Å². The number of aromatic nitrogens is 2. The number of rotatable bonds is 7. The fourth-order valence-corrected chi connectivity index (χ4v) is 6.17. The van der Waals surface area contributed by atoms with Gasteiger partial charge in [-0.2, -0.15) is 0 Å². The van der Waals surface area contributed by atoms with Gasteiger partial charge in [0, 0.05) is 38.0 Å². The van der Waals surface area contributed by atoms with Crippen LogP contribution in [0.4, 0.5) is 26.1 Å². The van der Waals surface area contributed by atoms with Crippen LogP contribution in [0.5, 0.6) is 0 Å². The minimum absolute atomic E-state index is 0.0653. The highest BCUT2D eigenvalue weighted by Crippen LogP contribution is 2.38. The smallest absolute Gasteiger partial charge is 0.266 e. The molecule has 2 aromatic carbocycles. The molecule has 1 aromatic heterocycles. The quantitative estimate of drug-likeness (QED) is 0.256. The molecule has 1 saturated heterocycles. The number of carbonyl (C=O) groups excluding carboxylic acids is 2. The van der Waals surface area contributed by atoms with Crippen molar-refractivity contribution in [2.45, 2.75) is 77.8 Å². The van der Waals surface area contributed by atoms with Crippen molar-refractivity contribution < 1.29 is 18.4 Å². The van der Waals surface area contributed by atoms with Crippen LogP contribution < -0.4 is 20.9 Å². The molecule has 232 valence electrons. The molecule has 2 aliphatic rings. The summed E-state index contributed by atoms with van der Waals surface area (Å²) in [5, 5.41) is 9.93. The van der Waals surface area contributed by atoms with Crippen LogP contribution in [0.3, 0.4) is 0 Å². The van der Waals surface area contributed by atoms with Gasteiger partial charge in [0.25, 0.3) is 11.8 Å². The molecule has 3 aromatic rings. The molecule has 0 spiro atoms.